The van der Waals surface area contributed by atoms with E-state index in [1.54, 1.807) is 39.0 Å². The second-order valence-corrected chi connectivity index (χ2v) is 10.4. The van der Waals surface area contributed by atoms with Crippen molar-refractivity contribution < 1.29 is 22.4 Å². The standard InChI is InChI=1S/C28H32F4N8O/c1-17-6-7-20(14-23(17)40-16-25(38(5)35-40)21-15-33-37(4)18(21)2)34-27(41)19-12-22(28(30,31)32)26(29)24(13-19)39-10-8-36(3)9-11-39/h6-7,12-16,35H,8-11H2,1-5H3,(H,34,41). The molecule has 0 aliphatic carbocycles. The quantitative estimate of drug-likeness (QED) is 0.440. The molecule has 5 rings (SSSR count). The summed E-state index contributed by atoms with van der Waals surface area (Å²) in [6, 6.07) is 6.96. The minimum atomic E-state index is -4.96. The summed E-state index contributed by atoms with van der Waals surface area (Å²) in [6.07, 6.45) is -1.28. The SMILES string of the molecule is Cc1ccc(NC(=O)c2cc(N3CCN(C)CC3)c(F)c(C(F)(F)F)c2)cc1N1C=C(c2cnn(C)c2C)N(C)N1. The maximum atomic E-state index is 15.1. The Balaban J connectivity index is 1.43. The van der Waals surface area contributed by atoms with Gasteiger partial charge in [0.05, 0.1) is 28.8 Å². The molecule has 0 bridgehead atoms. The van der Waals surface area contributed by atoms with Gasteiger partial charge in [-0.1, -0.05) is 6.07 Å². The summed E-state index contributed by atoms with van der Waals surface area (Å²) >= 11 is 0. The van der Waals surface area contributed by atoms with Gasteiger partial charge in [-0.15, -0.1) is 5.53 Å². The average molecular weight is 573 g/mol. The maximum absolute atomic E-state index is 15.1. The lowest BCUT2D eigenvalue weighted by Gasteiger charge is -2.34. The molecule has 1 aromatic heterocycles. The molecular weight excluding hydrogens is 540 g/mol. The molecular formula is C28H32F4N8O. The number of alkyl halides is 3. The van der Waals surface area contributed by atoms with E-state index in [-0.39, 0.29) is 11.3 Å². The van der Waals surface area contributed by atoms with Crippen LogP contribution < -0.4 is 20.8 Å². The van der Waals surface area contributed by atoms with Crippen molar-refractivity contribution >= 4 is 28.7 Å². The molecule has 218 valence electrons. The van der Waals surface area contributed by atoms with Crippen LogP contribution >= 0.6 is 0 Å². The van der Waals surface area contributed by atoms with E-state index in [4.69, 9.17) is 0 Å². The molecule has 2 aliphatic rings. The van der Waals surface area contributed by atoms with Crippen LogP contribution in [0.4, 0.5) is 34.6 Å². The third kappa shape index (κ3) is 5.59. The third-order valence-corrected chi connectivity index (χ3v) is 7.57. The number of aromatic nitrogens is 2. The number of benzene rings is 2. The Labute approximate surface area is 235 Å². The summed E-state index contributed by atoms with van der Waals surface area (Å²) in [5.74, 6) is -2.14. The number of amides is 1. The summed E-state index contributed by atoms with van der Waals surface area (Å²) in [5.41, 5.74) is 6.07. The number of nitrogens with zero attached hydrogens (tertiary/aromatic N) is 6. The topological polar surface area (TPSA) is 71.9 Å². The molecule has 0 spiro atoms. The second-order valence-electron chi connectivity index (χ2n) is 10.4. The van der Waals surface area contributed by atoms with Crippen LogP contribution in [0.2, 0.25) is 0 Å². The fourth-order valence-corrected chi connectivity index (χ4v) is 4.95. The van der Waals surface area contributed by atoms with Crippen LogP contribution in [0, 0.1) is 19.7 Å². The molecule has 0 unspecified atom stereocenters. The first-order valence-corrected chi connectivity index (χ1v) is 13.1. The molecule has 0 saturated carbocycles. The Bertz CT molecular complexity index is 1510. The van der Waals surface area contributed by atoms with Crippen molar-refractivity contribution in [1.82, 2.24) is 25.2 Å². The Kier molecular flexibility index (Phi) is 7.43. The Morgan fingerprint density at radius 1 is 1.00 bits per heavy atom. The van der Waals surface area contributed by atoms with Gasteiger partial charge in [-0.05, 0) is 50.7 Å². The number of anilines is 3. The van der Waals surface area contributed by atoms with Crippen molar-refractivity contribution in [1.29, 1.82) is 0 Å². The van der Waals surface area contributed by atoms with E-state index in [2.05, 4.69) is 16.0 Å². The van der Waals surface area contributed by atoms with Crippen LogP contribution in [0.3, 0.4) is 0 Å². The molecule has 1 amide bonds. The number of rotatable bonds is 5. The highest BCUT2D eigenvalue weighted by atomic mass is 19.4. The number of carbonyl (C=O) groups is 1. The first kappa shape index (κ1) is 28.4. The van der Waals surface area contributed by atoms with E-state index in [1.165, 1.54) is 6.07 Å². The largest absolute Gasteiger partial charge is 0.419 e. The Hall–Kier alpha value is -4.10. The summed E-state index contributed by atoms with van der Waals surface area (Å²) in [6.45, 7) is 5.71. The zero-order chi connectivity index (χ0) is 29.6. The lowest BCUT2D eigenvalue weighted by molar-refractivity contribution is -0.139. The smallest absolute Gasteiger partial charge is 0.367 e. The van der Waals surface area contributed by atoms with Crippen LogP contribution in [-0.2, 0) is 13.2 Å². The maximum Gasteiger partial charge on any atom is 0.419 e. The molecule has 41 heavy (non-hydrogen) atoms. The molecule has 9 nitrogen and oxygen atoms in total. The minimum Gasteiger partial charge on any atom is -0.367 e. The number of piperazine rings is 1. The predicted molar refractivity (Wildman–Crippen MR) is 150 cm³/mol. The molecule has 1 fully saturated rings. The Morgan fingerprint density at radius 3 is 2.34 bits per heavy atom. The molecule has 2 aliphatic heterocycles. The monoisotopic (exact) mass is 572 g/mol. The van der Waals surface area contributed by atoms with Crippen LogP contribution in [-0.4, -0.2) is 65.9 Å². The van der Waals surface area contributed by atoms with Gasteiger partial charge in [0.2, 0.25) is 0 Å². The van der Waals surface area contributed by atoms with Crippen molar-refractivity contribution in [3.8, 4) is 0 Å². The normalized spacial score (nSPS) is 16.4. The first-order chi connectivity index (χ1) is 19.3. The Morgan fingerprint density at radius 2 is 1.71 bits per heavy atom. The van der Waals surface area contributed by atoms with E-state index in [0.717, 1.165) is 28.2 Å². The lowest BCUT2D eigenvalue weighted by atomic mass is 10.1. The number of hydrogen-bond donors (Lipinski definition) is 2. The summed E-state index contributed by atoms with van der Waals surface area (Å²) in [4.78, 5) is 16.8. The van der Waals surface area contributed by atoms with Crippen molar-refractivity contribution in [2.24, 2.45) is 7.05 Å². The van der Waals surface area contributed by atoms with Gasteiger partial charge in [0, 0.05) is 69.0 Å². The fraction of sp³-hybridized carbons (Fsp3) is 0.357. The number of nitrogens with one attached hydrogen (secondary N) is 2. The van der Waals surface area contributed by atoms with Crippen molar-refractivity contribution in [3.05, 3.63) is 76.5 Å². The van der Waals surface area contributed by atoms with Gasteiger partial charge in [0.25, 0.3) is 5.91 Å². The van der Waals surface area contributed by atoms with E-state index in [0.29, 0.717) is 37.9 Å². The van der Waals surface area contributed by atoms with Gasteiger partial charge >= 0.3 is 6.18 Å². The fourth-order valence-electron chi connectivity index (χ4n) is 4.95. The van der Waals surface area contributed by atoms with Gasteiger partial charge in [-0.2, -0.15) is 18.3 Å². The highest BCUT2D eigenvalue weighted by molar-refractivity contribution is 6.05. The molecule has 1 saturated heterocycles. The second kappa shape index (κ2) is 10.7. The van der Waals surface area contributed by atoms with Crippen molar-refractivity contribution in [2.45, 2.75) is 20.0 Å². The van der Waals surface area contributed by atoms with E-state index in [1.807, 2.05) is 51.1 Å². The molecule has 0 atom stereocenters. The van der Waals surface area contributed by atoms with E-state index < -0.39 is 23.5 Å². The molecule has 3 heterocycles. The summed E-state index contributed by atoms with van der Waals surface area (Å²) in [5, 5.41) is 10.6. The van der Waals surface area contributed by atoms with Crippen molar-refractivity contribution in [2.75, 3.05) is 55.5 Å². The predicted octanol–water partition coefficient (Wildman–Crippen LogP) is 4.37. The van der Waals surface area contributed by atoms with Gasteiger partial charge in [-0.3, -0.25) is 19.5 Å². The minimum absolute atomic E-state index is 0.227. The number of carbonyl (C=O) groups excluding carboxylic acids is 1. The highest BCUT2D eigenvalue weighted by Crippen LogP contribution is 2.37. The number of hydrogen-bond acceptors (Lipinski definition) is 7. The summed E-state index contributed by atoms with van der Waals surface area (Å²) < 4.78 is 58.2. The highest BCUT2D eigenvalue weighted by Gasteiger charge is 2.37. The number of halogens is 4. The molecule has 13 heteroatoms. The number of hydrazine groups is 2. The van der Waals surface area contributed by atoms with Crippen LogP contribution in [0.5, 0.6) is 0 Å². The third-order valence-electron chi connectivity index (χ3n) is 7.57. The number of aryl methyl sites for hydroxylation is 2. The average Bonchev–Trinajstić information content (AvgIpc) is 3.46. The van der Waals surface area contributed by atoms with Gasteiger partial charge < -0.3 is 15.1 Å². The molecule has 0 radical (unpaired) electrons. The van der Waals surface area contributed by atoms with Gasteiger partial charge in [0.15, 0.2) is 5.82 Å². The first-order valence-electron chi connectivity index (χ1n) is 13.1. The van der Waals surface area contributed by atoms with Crippen molar-refractivity contribution in [3.63, 3.8) is 0 Å². The number of likely N-dealkylation sites (N-methyl/N-ethyl adjacent to an activating group) is 1. The molecule has 3 aromatic rings. The van der Waals surface area contributed by atoms with Crippen LogP contribution in [0.1, 0.15) is 32.7 Å². The van der Waals surface area contributed by atoms with Crippen LogP contribution in [0.25, 0.3) is 5.70 Å². The zero-order valence-corrected chi connectivity index (χ0v) is 23.5. The van der Waals surface area contributed by atoms with Gasteiger partial charge in [-0.25, -0.2) is 4.39 Å². The molecule has 2 aromatic carbocycles. The van der Waals surface area contributed by atoms with E-state index >= 15 is 4.39 Å². The van der Waals surface area contributed by atoms with Crippen LogP contribution in [0.15, 0.2) is 42.7 Å². The summed E-state index contributed by atoms with van der Waals surface area (Å²) in [7, 11) is 5.62. The van der Waals surface area contributed by atoms with E-state index in [9.17, 15) is 18.0 Å². The zero-order valence-electron chi connectivity index (χ0n) is 23.5. The van der Waals surface area contributed by atoms with Gasteiger partial charge in [0.1, 0.15) is 0 Å². The lowest BCUT2D eigenvalue weighted by Crippen LogP contribution is -2.45. The molecule has 2 N–H and O–H groups in total.